The number of aryl methyl sites for hydroxylation is 1. The first-order valence-electron chi connectivity index (χ1n) is 10.8. The van der Waals surface area contributed by atoms with E-state index in [2.05, 4.69) is 19.1 Å². The van der Waals surface area contributed by atoms with Gasteiger partial charge in [0.05, 0.1) is 6.10 Å². The summed E-state index contributed by atoms with van der Waals surface area (Å²) in [5, 5.41) is 19.5. The van der Waals surface area contributed by atoms with Crippen LogP contribution in [0.1, 0.15) is 85.7 Å². The average Bonchev–Trinajstić information content (AvgIpc) is 3.23. The van der Waals surface area contributed by atoms with Crippen molar-refractivity contribution in [2.75, 3.05) is 0 Å². The number of unbranched alkanes of at least 4 members (excludes halogenated alkanes) is 6. The molecule has 4 unspecified atom stereocenters. The number of aliphatic hydroxyl groups excluding tert-OH is 1. The van der Waals surface area contributed by atoms with E-state index in [1.54, 1.807) is 6.07 Å². The second kappa shape index (κ2) is 12.7. The molecule has 1 fully saturated rings. The molecule has 1 aromatic rings. The number of thiophene rings is 1. The standard InChI is InChI=1S/C23H35ClO3S/c1-2-3-4-5-6-7-8-9-12-19-18(20(24)16-21(19)25)13-10-11-17-14-15-22(28-17)23(26)27/h9,12,14-15,18-21,25H,2-8,10-11,13,16H2,1H3,(H,26,27). The number of alkyl halides is 1. The van der Waals surface area contributed by atoms with E-state index in [9.17, 15) is 9.90 Å². The van der Waals surface area contributed by atoms with Gasteiger partial charge in [0, 0.05) is 16.2 Å². The molecule has 1 aliphatic carbocycles. The number of carboxylic acids is 1. The molecule has 2 N–H and O–H groups in total. The average molecular weight is 427 g/mol. The molecule has 0 spiro atoms. The molecule has 1 aliphatic rings. The van der Waals surface area contributed by atoms with Crippen molar-refractivity contribution in [1.29, 1.82) is 0 Å². The number of hydrogen-bond acceptors (Lipinski definition) is 3. The van der Waals surface area contributed by atoms with Crippen LogP contribution in [0, 0.1) is 11.8 Å². The molecule has 0 radical (unpaired) electrons. The molecule has 5 heteroatoms. The molecule has 2 rings (SSSR count). The van der Waals surface area contributed by atoms with Crippen molar-refractivity contribution in [3.05, 3.63) is 34.0 Å². The highest BCUT2D eigenvalue weighted by molar-refractivity contribution is 7.13. The van der Waals surface area contributed by atoms with Crippen molar-refractivity contribution in [1.82, 2.24) is 0 Å². The van der Waals surface area contributed by atoms with E-state index in [4.69, 9.17) is 16.7 Å². The van der Waals surface area contributed by atoms with Crippen LogP contribution in [0.5, 0.6) is 0 Å². The maximum Gasteiger partial charge on any atom is 0.345 e. The van der Waals surface area contributed by atoms with Gasteiger partial charge in [-0.15, -0.1) is 22.9 Å². The van der Waals surface area contributed by atoms with Crippen molar-refractivity contribution in [3.63, 3.8) is 0 Å². The van der Waals surface area contributed by atoms with E-state index in [1.165, 1.54) is 49.9 Å². The number of aromatic carboxylic acids is 1. The van der Waals surface area contributed by atoms with Gasteiger partial charge in [-0.25, -0.2) is 4.79 Å². The zero-order valence-electron chi connectivity index (χ0n) is 17.0. The minimum Gasteiger partial charge on any atom is -0.477 e. The number of carbonyl (C=O) groups is 1. The number of halogens is 1. The lowest BCUT2D eigenvalue weighted by Crippen LogP contribution is -2.18. The first kappa shape index (κ1) is 23.4. The Morgan fingerprint density at radius 2 is 1.96 bits per heavy atom. The van der Waals surface area contributed by atoms with Crippen LogP contribution in [0.2, 0.25) is 0 Å². The summed E-state index contributed by atoms with van der Waals surface area (Å²) in [7, 11) is 0. The number of carboxylic acid groups (broad SMARTS) is 1. The molecule has 28 heavy (non-hydrogen) atoms. The first-order chi connectivity index (χ1) is 13.5. The highest BCUT2D eigenvalue weighted by atomic mass is 35.5. The summed E-state index contributed by atoms with van der Waals surface area (Å²) in [6.45, 7) is 2.24. The van der Waals surface area contributed by atoms with E-state index >= 15 is 0 Å². The summed E-state index contributed by atoms with van der Waals surface area (Å²) in [5.74, 6) is -0.400. The highest BCUT2D eigenvalue weighted by Gasteiger charge is 2.39. The Labute approximate surface area is 178 Å². The topological polar surface area (TPSA) is 57.5 Å². The van der Waals surface area contributed by atoms with Gasteiger partial charge >= 0.3 is 5.97 Å². The summed E-state index contributed by atoms with van der Waals surface area (Å²) in [6.07, 6.45) is 16.5. The van der Waals surface area contributed by atoms with Gasteiger partial charge < -0.3 is 10.2 Å². The van der Waals surface area contributed by atoms with Crippen LogP contribution in [0.15, 0.2) is 24.3 Å². The second-order valence-corrected chi connectivity index (χ2v) is 9.74. The van der Waals surface area contributed by atoms with Crippen LogP contribution in [-0.4, -0.2) is 27.7 Å². The Morgan fingerprint density at radius 3 is 2.68 bits per heavy atom. The summed E-state index contributed by atoms with van der Waals surface area (Å²) >= 11 is 7.89. The number of aliphatic hydroxyl groups is 1. The van der Waals surface area contributed by atoms with Gasteiger partial charge in [-0.05, 0) is 56.6 Å². The molecule has 158 valence electrons. The Kier molecular flexibility index (Phi) is 10.6. The smallest absolute Gasteiger partial charge is 0.345 e. The zero-order valence-corrected chi connectivity index (χ0v) is 18.6. The van der Waals surface area contributed by atoms with Crippen LogP contribution in [-0.2, 0) is 6.42 Å². The summed E-state index contributed by atoms with van der Waals surface area (Å²) in [6, 6.07) is 3.59. The van der Waals surface area contributed by atoms with Crippen LogP contribution >= 0.6 is 22.9 Å². The maximum atomic E-state index is 11.0. The Bertz CT molecular complexity index is 613. The van der Waals surface area contributed by atoms with Crippen molar-refractivity contribution in [2.24, 2.45) is 11.8 Å². The third kappa shape index (κ3) is 7.53. The van der Waals surface area contributed by atoms with Crippen LogP contribution in [0.3, 0.4) is 0 Å². The lowest BCUT2D eigenvalue weighted by molar-refractivity contribution is 0.0702. The fourth-order valence-corrected chi connectivity index (χ4v) is 5.53. The minimum atomic E-state index is -0.855. The molecule has 0 aliphatic heterocycles. The fourth-order valence-electron chi connectivity index (χ4n) is 4.17. The molecule has 1 aromatic heterocycles. The predicted octanol–water partition coefficient (Wildman–Crippen LogP) is 6.68. The Balaban J connectivity index is 1.74. The van der Waals surface area contributed by atoms with Gasteiger partial charge in [-0.1, -0.05) is 51.2 Å². The molecule has 0 bridgehead atoms. The predicted molar refractivity (Wildman–Crippen MR) is 119 cm³/mol. The van der Waals surface area contributed by atoms with Gasteiger partial charge in [0.15, 0.2) is 0 Å². The van der Waals surface area contributed by atoms with Gasteiger partial charge in [0.25, 0.3) is 0 Å². The van der Waals surface area contributed by atoms with Gasteiger partial charge in [-0.2, -0.15) is 0 Å². The highest BCUT2D eigenvalue weighted by Crippen LogP contribution is 2.40. The minimum absolute atomic E-state index is 0.0246. The van der Waals surface area contributed by atoms with Crippen LogP contribution < -0.4 is 0 Å². The number of rotatable bonds is 13. The molecule has 0 amide bonds. The molecule has 3 nitrogen and oxygen atoms in total. The van der Waals surface area contributed by atoms with E-state index < -0.39 is 5.97 Å². The van der Waals surface area contributed by atoms with Crippen LogP contribution in [0.4, 0.5) is 0 Å². The normalized spacial score (nSPS) is 25.0. The SMILES string of the molecule is CCCCCCCCC=CC1C(O)CC(Cl)C1CCCc1ccc(C(=O)O)s1. The van der Waals surface area contributed by atoms with Gasteiger partial charge in [0.2, 0.25) is 0 Å². The maximum absolute atomic E-state index is 11.0. The summed E-state index contributed by atoms with van der Waals surface area (Å²) in [4.78, 5) is 12.5. The molecule has 0 saturated heterocycles. The quantitative estimate of drug-likeness (QED) is 0.210. The number of hydrogen-bond donors (Lipinski definition) is 2. The summed E-state index contributed by atoms with van der Waals surface area (Å²) < 4.78 is 0. The third-order valence-electron chi connectivity index (χ3n) is 5.79. The molecule has 4 atom stereocenters. The largest absolute Gasteiger partial charge is 0.477 e. The molecule has 1 heterocycles. The van der Waals surface area contributed by atoms with Crippen molar-refractivity contribution in [3.8, 4) is 0 Å². The van der Waals surface area contributed by atoms with Gasteiger partial charge in [-0.3, -0.25) is 0 Å². The van der Waals surface area contributed by atoms with Crippen molar-refractivity contribution in [2.45, 2.75) is 89.0 Å². The van der Waals surface area contributed by atoms with E-state index in [1.807, 2.05) is 6.07 Å². The lowest BCUT2D eigenvalue weighted by atomic mass is 9.89. The third-order valence-corrected chi connectivity index (χ3v) is 7.42. The lowest BCUT2D eigenvalue weighted by Gasteiger charge is -2.20. The van der Waals surface area contributed by atoms with E-state index in [0.29, 0.717) is 17.2 Å². The first-order valence-corrected chi connectivity index (χ1v) is 12.1. The Hall–Kier alpha value is -0.840. The van der Waals surface area contributed by atoms with Crippen molar-refractivity contribution < 1.29 is 15.0 Å². The fraction of sp³-hybridized carbons (Fsp3) is 0.696. The van der Waals surface area contributed by atoms with E-state index in [0.717, 1.165) is 30.6 Å². The second-order valence-electron chi connectivity index (χ2n) is 8.01. The van der Waals surface area contributed by atoms with Crippen molar-refractivity contribution >= 4 is 28.9 Å². The molecular formula is C23H35ClO3S. The molecular weight excluding hydrogens is 392 g/mol. The van der Waals surface area contributed by atoms with E-state index in [-0.39, 0.29) is 17.4 Å². The Morgan fingerprint density at radius 1 is 1.21 bits per heavy atom. The monoisotopic (exact) mass is 426 g/mol. The molecule has 0 aromatic carbocycles. The zero-order chi connectivity index (χ0) is 20.4. The van der Waals surface area contributed by atoms with Gasteiger partial charge in [0.1, 0.15) is 4.88 Å². The number of allylic oxidation sites excluding steroid dienone is 1. The summed E-state index contributed by atoms with van der Waals surface area (Å²) in [5.41, 5.74) is 0. The molecule has 1 saturated carbocycles. The van der Waals surface area contributed by atoms with Crippen LogP contribution in [0.25, 0.3) is 0 Å².